The van der Waals surface area contributed by atoms with Crippen LogP contribution < -0.4 is 5.32 Å². The number of carbonyl (C=O) groups is 1. The smallest absolute Gasteiger partial charge is 0.224 e. The highest BCUT2D eigenvalue weighted by molar-refractivity contribution is 7.99. The summed E-state index contributed by atoms with van der Waals surface area (Å²) in [5.74, 6) is 0.744. The molecule has 2 aromatic rings. The van der Waals surface area contributed by atoms with Crippen molar-refractivity contribution >= 4 is 17.7 Å². The van der Waals surface area contributed by atoms with Gasteiger partial charge in [0.15, 0.2) is 0 Å². The Bertz CT molecular complexity index is 620. The van der Waals surface area contributed by atoms with Crippen molar-refractivity contribution in [3.05, 3.63) is 48.3 Å². The molecule has 1 saturated carbocycles. The molecule has 3 rings (SSSR count). The number of hydrogen-bond donors (Lipinski definition) is 1. The fourth-order valence-electron chi connectivity index (χ4n) is 2.71. The van der Waals surface area contributed by atoms with E-state index in [4.69, 9.17) is 0 Å². The molecule has 0 spiro atoms. The van der Waals surface area contributed by atoms with Crippen molar-refractivity contribution in [2.75, 3.05) is 12.8 Å². The first kappa shape index (κ1) is 15.2. The maximum Gasteiger partial charge on any atom is 0.224 e. The Morgan fingerprint density at radius 2 is 2.14 bits per heavy atom. The number of amides is 1. The first-order valence-electron chi connectivity index (χ1n) is 7.63. The zero-order chi connectivity index (χ0) is 15.4. The van der Waals surface area contributed by atoms with E-state index in [2.05, 4.69) is 16.7 Å². The highest BCUT2D eigenvalue weighted by atomic mass is 32.2. The van der Waals surface area contributed by atoms with Crippen molar-refractivity contribution in [3.63, 3.8) is 0 Å². The van der Waals surface area contributed by atoms with E-state index < -0.39 is 0 Å². The average molecular weight is 315 g/mol. The molecule has 0 bridgehead atoms. The third-order valence-corrected chi connectivity index (χ3v) is 5.19. The van der Waals surface area contributed by atoms with Crippen LogP contribution in [0.25, 0.3) is 5.69 Å². The second-order valence-electron chi connectivity index (χ2n) is 5.80. The highest BCUT2D eigenvalue weighted by Crippen LogP contribution is 2.34. The lowest BCUT2D eigenvalue weighted by Gasteiger charge is -2.34. The molecule has 1 aromatic heterocycles. The molecule has 0 saturated heterocycles. The number of para-hydroxylation sites is 1. The first-order chi connectivity index (χ1) is 10.7. The maximum absolute atomic E-state index is 12.0. The lowest BCUT2D eigenvalue weighted by atomic mass is 9.85. The van der Waals surface area contributed by atoms with E-state index in [0.717, 1.165) is 23.0 Å². The van der Waals surface area contributed by atoms with Crippen LogP contribution >= 0.6 is 11.8 Å². The van der Waals surface area contributed by atoms with Gasteiger partial charge in [-0.2, -0.15) is 16.9 Å². The van der Waals surface area contributed by atoms with Crippen LogP contribution in [0.5, 0.6) is 0 Å². The number of nitrogens with one attached hydrogen (secondary N) is 1. The van der Waals surface area contributed by atoms with Crippen molar-refractivity contribution in [1.82, 2.24) is 15.1 Å². The van der Waals surface area contributed by atoms with Gasteiger partial charge in [-0.15, -0.1) is 0 Å². The summed E-state index contributed by atoms with van der Waals surface area (Å²) in [5, 5.41) is 8.16. The number of hydrogen-bond acceptors (Lipinski definition) is 3. The number of benzene rings is 1. The molecule has 5 heteroatoms. The predicted molar refractivity (Wildman–Crippen MR) is 90.3 cm³/mol. The van der Waals surface area contributed by atoms with Crippen LogP contribution in [0.2, 0.25) is 0 Å². The third-order valence-electron chi connectivity index (χ3n) is 4.14. The molecule has 1 heterocycles. The summed E-state index contributed by atoms with van der Waals surface area (Å²) in [6.45, 7) is 0.808. The molecule has 0 unspecified atom stereocenters. The minimum absolute atomic E-state index is 0.0835. The summed E-state index contributed by atoms with van der Waals surface area (Å²) in [7, 11) is 0. The highest BCUT2D eigenvalue weighted by Gasteiger charge is 2.28. The minimum atomic E-state index is 0.0835. The molecule has 1 N–H and O–H groups in total. The Morgan fingerprint density at radius 3 is 2.86 bits per heavy atom. The standard InChI is InChI=1S/C17H21N3OS/c1-22-16-7-13(8-16)10-18-17(21)9-14-11-19-20(12-14)15-5-3-2-4-6-15/h2-6,11-13,16H,7-10H2,1H3,(H,18,21). The summed E-state index contributed by atoms with van der Waals surface area (Å²) < 4.78 is 1.80. The Hall–Kier alpha value is -1.75. The lowest BCUT2D eigenvalue weighted by Crippen LogP contribution is -2.37. The van der Waals surface area contributed by atoms with Gasteiger partial charge in [0.1, 0.15) is 0 Å². The second-order valence-corrected chi connectivity index (χ2v) is 6.94. The molecule has 4 nitrogen and oxygen atoms in total. The van der Waals surface area contributed by atoms with Crippen LogP contribution in [0.4, 0.5) is 0 Å². The summed E-state index contributed by atoms with van der Waals surface area (Å²) >= 11 is 1.93. The molecule has 1 fully saturated rings. The van der Waals surface area contributed by atoms with Crippen molar-refractivity contribution in [3.8, 4) is 5.69 Å². The number of rotatable bonds is 6. The van der Waals surface area contributed by atoms with Gasteiger partial charge < -0.3 is 5.32 Å². The summed E-state index contributed by atoms with van der Waals surface area (Å²) in [5.41, 5.74) is 1.95. The summed E-state index contributed by atoms with van der Waals surface area (Å²) in [6.07, 6.45) is 8.69. The SMILES string of the molecule is CSC1CC(CNC(=O)Cc2cnn(-c3ccccc3)c2)C1. The molecule has 116 valence electrons. The van der Waals surface area contributed by atoms with E-state index in [1.807, 2.05) is 48.3 Å². The number of thioether (sulfide) groups is 1. The first-order valence-corrected chi connectivity index (χ1v) is 8.92. The topological polar surface area (TPSA) is 46.9 Å². The normalized spacial score (nSPS) is 20.4. The molecule has 0 atom stereocenters. The van der Waals surface area contributed by atoms with Gasteiger partial charge in [-0.3, -0.25) is 4.79 Å². The second kappa shape index (κ2) is 7.01. The quantitative estimate of drug-likeness (QED) is 0.891. The van der Waals surface area contributed by atoms with Gasteiger partial charge in [-0.25, -0.2) is 4.68 Å². The van der Waals surface area contributed by atoms with E-state index in [0.29, 0.717) is 12.3 Å². The largest absolute Gasteiger partial charge is 0.356 e. The average Bonchev–Trinajstić information content (AvgIpc) is 2.95. The molecule has 1 aliphatic rings. The third kappa shape index (κ3) is 3.71. The fraction of sp³-hybridized carbons (Fsp3) is 0.412. The maximum atomic E-state index is 12.0. The number of nitrogens with zero attached hydrogens (tertiary/aromatic N) is 2. The molecule has 1 aromatic carbocycles. The Labute approximate surface area is 135 Å². The van der Waals surface area contributed by atoms with Crippen molar-refractivity contribution < 1.29 is 4.79 Å². The summed E-state index contributed by atoms with van der Waals surface area (Å²) in [6, 6.07) is 9.92. The Balaban J connectivity index is 1.47. The van der Waals surface area contributed by atoms with E-state index >= 15 is 0 Å². The van der Waals surface area contributed by atoms with Gasteiger partial charge in [-0.05, 0) is 42.7 Å². The van der Waals surface area contributed by atoms with Gasteiger partial charge in [0.25, 0.3) is 0 Å². The van der Waals surface area contributed by atoms with Crippen LogP contribution in [0, 0.1) is 5.92 Å². The predicted octanol–water partition coefficient (Wildman–Crippen LogP) is 2.67. The Kier molecular flexibility index (Phi) is 4.83. The van der Waals surface area contributed by atoms with Gasteiger partial charge in [-0.1, -0.05) is 18.2 Å². The van der Waals surface area contributed by atoms with Crippen LogP contribution in [0.15, 0.2) is 42.7 Å². The van der Waals surface area contributed by atoms with Crippen molar-refractivity contribution in [2.24, 2.45) is 5.92 Å². The number of aromatic nitrogens is 2. The van der Waals surface area contributed by atoms with Crippen molar-refractivity contribution in [2.45, 2.75) is 24.5 Å². The molecular weight excluding hydrogens is 294 g/mol. The minimum Gasteiger partial charge on any atom is -0.356 e. The van der Waals surface area contributed by atoms with Gasteiger partial charge in [0, 0.05) is 18.0 Å². The zero-order valence-corrected chi connectivity index (χ0v) is 13.6. The van der Waals surface area contributed by atoms with Crippen LogP contribution in [-0.2, 0) is 11.2 Å². The van der Waals surface area contributed by atoms with E-state index in [1.165, 1.54) is 12.8 Å². The van der Waals surface area contributed by atoms with Gasteiger partial charge >= 0.3 is 0 Å². The monoisotopic (exact) mass is 315 g/mol. The van der Waals surface area contributed by atoms with Crippen LogP contribution in [-0.4, -0.2) is 33.7 Å². The van der Waals surface area contributed by atoms with Crippen molar-refractivity contribution in [1.29, 1.82) is 0 Å². The van der Waals surface area contributed by atoms with Gasteiger partial charge in [0.05, 0.1) is 18.3 Å². The molecule has 0 aliphatic heterocycles. The fourth-order valence-corrected chi connectivity index (χ4v) is 3.64. The van der Waals surface area contributed by atoms with Gasteiger partial charge in [0.2, 0.25) is 5.91 Å². The molecule has 0 radical (unpaired) electrons. The molecule has 1 aliphatic carbocycles. The van der Waals surface area contributed by atoms with E-state index in [1.54, 1.807) is 10.9 Å². The van der Waals surface area contributed by atoms with E-state index in [-0.39, 0.29) is 5.91 Å². The number of carbonyl (C=O) groups excluding carboxylic acids is 1. The molecular formula is C17H21N3OS. The lowest BCUT2D eigenvalue weighted by molar-refractivity contribution is -0.120. The Morgan fingerprint density at radius 1 is 1.36 bits per heavy atom. The van der Waals surface area contributed by atoms with E-state index in [9.17, 15) is 4.79 Å². The van der Waals surface area contributed by atoms with Crippen LogP contribution in [0.3, 0.4) is 0 Å². The zero-order valence-electron chi connectivity index (χ0n) is 12.7. The molecule has 22 heavy (non-hydrogen) atoms. The molecule has 1 amide bonds. The van der Waals surface area contributed by atoms with Crippen LogP contribution in [0.1, 0.15) is 18.4 Å². The summed E-state index contributed by atoms with van der Waals surface area (Å²) in [4.78, 5) is 12.0.